The summed E-state index contributed by atoms with van der Waals surface area (Å²) in [5, 5.41) is 0.652. The number of hydrogen-bond donors (Lipinski definition) is 0. The molecule has 5 rings (SSSR count). The first-order valence-electron chi connectivity index (χ1n) is 12.4. The summed E-state index contributed by atoms with van der Waals surface area (Å²) in [7, 11) is 1.64. The number of morpholine rings is 1. The number of thiazole rings is 1. The summed E-state index contributed by atoms with van der Waals surface area (Å²) in [6.45, 7) is 4.73. The molecule has 1 aromatic heterocycles. The Hall–Kier alpha value is -3.30. The predicted molar refractivity (Wildman–Crippen MR) is 153 cm³/mol. The van der Waals surface area contributed by atoms with E-state index in [4.69, 9.17) is 14.5 Å². The van der Waals surface area contributed by atoms with Crippen molar-refractivity contribution in [1.82, 2.24) is 9.88 Å². The number of carbonyl (C=O) groups is 2. The lowest BCUT2D eigenvalue weighted by atomic mass is 10.0. The van der Waals surface area contributed by atoms with Crippen molar-refractivity contribution in [3.63, 3.8) is 0 Å². The Balaban J connectivity index is 0.00000336. The molecule has 1 amide bonds. The summed E-state index contributed by atoms with van der Waals surface area (Å²) in [6, 6.07) is 21.8. The summed E-state index contributed by atoms with van der Waals surface area (Å²) in [4.78, 5) is 35.4. The van der Waals surface area contributed by atoms with Crippen LogP contribution in [0.5, 0.6) is 5.75 Å². The summed E-state index contributed by atoms with van der Waals surface area (Å²) < 4.78 is 11.8. The molecule has 198 valence electrons. The zero-order chi connectivity index (χ0) is 25.6. The van der Waals surface area contributed by atoms with Gasteiger partial charge < -0.3 is 9.47 Å². The lowest BCUT2D eigenvalue weighted by molar-refractivity contribution is 0.0376. The van der Waals surface area contributed by atoms with Crippen molar-refractivity contribution in [3.05, 3.63) is 89.5 Å². The molecule has 4 aromatic rings. The molecular formula is C29H30ClN3O4S. The highest BCUT2D eigenvalue weighted by Crippen LogP contribution is 2.32. The van der Waals surface area contributed by atoms with Gasteiger partial charge in [0.1, 0.15) is 5.75 Å². The van der Waals surface area contributed by atoms with Gasteiger partial charge in [0, 0.05) is 42.9 Å². The molecule has 0 spiro atoms. The van der Waals surface area contributed by atoms with Gasteiger partial charge in [-0.05, 0) is 36.8 Å². The van der Waals surface area contributed by atoms with Crippen LogP contribution in [0.3, 0.4) is 0 Å². The fourth-order valence-corrected chi connectivity index (χ4v) is 5.39. The normalized spacial score (nSPS) is 13.6. The lowest BCUT2D eigenvalue weighted by Crippen LogP contribution is -2.39. The van der Waals surface area contributed by atoms with Crippen molar-refractivity contribution in [1.29, 1.82) is 0 Å². The summed E-state index contributed by atoms with van der Waals surface area (Å²) in [5.41, 5.74) is 2.52. The molecule has 1 fully saturated rings. The van der Waals surface area contributed by atoms with E-state index in [2.05, 4.69) is 4.90 Å². The van der Waals surface area contributed by atoms with Gasteiger partial charge >= 0.3 is 0 Å². The average molecular weight is 552 g/mol. The topological polar surface area (TPSA) is 72.0 Å². The number of nitrogens with zero attached hydrogens (tertiary/aromatic N) is 3. The fourth-order valence-electron chi connectivity index (χ4n) is 4.37. The summed E-state index contributed by atoms with van der Waals surface area (Å²) in [5.74, 6) is 0.556. The van der Waals surface area contributed by atoms with Gasteiger partial charge in [-0.2, -0.15) is 0 Å². The molecule has 1 aliphatic heterocycles. The minimum atomic E-state index is -0.133. The van der Waals surface area contributed by atoms with Crippen LogP contribution < -0.4 is 9.64 Å². The second-order valence-electron chi connectivity index (χ2n) is 8.87. The Labute approximate surface area is 232 Å². The highest BCUT2D eigenvalue weighted by atomic mass is 35.5. The van der Waals surface area contributed by atoms with Crippen molar-refractivity contribution >= 4 is 50.8 Å². The fraction of sp³-hybridized carbons (Fsp3) is 0.276. The molecule has 1 saturated heterocycles. The first-order valence-corrected chi connectivity index (χ1v) is 13.2. The third-order valence-electron chi connectivity index (χ3n) is 6.45. The van der Waals surface area contributed by atoms with Gasteiger partial charge in [0.2, 0.25) is 0 Å². The van der Waals surface area contributed by atoms with Gasteiger partial charge in [0.15, 0.2) is 10.9 Å². The van der Waals surface area contributed by atoms with E-state index in [-0.39, 0.29) is 24.1 Å². The minimum Gasteiger partial charge on any atom is -0.497 e. The molecule has 2 heterocycles. The van der Waals surface area contributed by atoms with E-state index >= 15 is 0 Å². The maximum atomic E-state index is 13.7. The molecule has 0 bridgehead atoms. The largest absolute Gasteiger partial charge is 0.497 e. The highest BCUT2D eigenvalue weighted by molar-refractivity contribution is 7.22. The quantitative estimate of drug-likeness (QED) is 0.262. The van der Waals surface area contributed by atoms with Crippen LogP contribution in [-0.2, 0) is 4.74 Å². The number of aromatic nitrogens is 1. The maximum Gasteiger partial charge on any atom is 0.260 e. The van der Waals surface area contributed by atoms with E-state index in [0.29, 0.717) is 28.4 Å². The average Bonchev–Trinajstić information content (AvgIpc) is 3.38. The number of methoxy groups -OCH3 is 1. The Morgan fingerprint density at radius 3 is 2.37 bits per heavy atom. The molecule has 0 saturated carbocycles. The maximum absolute atomic E-state index is 13.7. The molecule has 0 aliphatic carbocycles. The predicted octanol–water partition coefficient (Wildman–Crippen LogP) is 5.33. The first-order chi connectivity index (χ1) is 18.1. The third kappa shape index (κ3) is 6.39. The van der Waals surface area contributed by atoms with Gasteiger partial charge in [0.05, 0.1) is 30.5 Å². The van der Waals surface area contributed by atoms with Crippen molar-refractivity contribution in [2.75, 3.05) is 51.4 Å². The Bertz CT molecular complexity index is 1370. The molecular weight excluding hydrogens is 522 g/mol. The molecule has 38 heavy (non-hydrogen) atoms. The summed E-state index contributed by atoms with van der Waals surface area (Å²) >= 11 is 1.48. The zero-order valence-electron chi connectivity index (χ0n) is 21.2. The molecule has 0 N–H and O–H groups in total. The molecule has 0 radical (unpaired) electrons. The standard InChI is InChI=1S/C29H29N3O4S.ClH/c1-35-24-12-13-25-26(20-24)37-29(30-25)32(15-5-14-31-16-18-36-19-17-31)28(34)23-10-8-22(9-11-23)27(33)21-6-3-2-4-7-21;/h2-4,6-13,20H,5,14-19H2,1H3;1H. The second kappa shape index (κ2) is 13.0. The lowest BCUT2D eigenvalue weighted by Gasteiger charge is -2.27. The van der Waals surface area contributed by atoms with Gasteiger partial charge in [-0.25, -0.2) is 4.98 Å². The Kier molecular flexibility index (Phi) is 9.47. The molecule has 9 heteroatoms. The SMILES string of the molecule is COc1ccc2nc(N(CCCN3CCOCC3)C(=O)c3ccc(C(=O)c4ccccc4)cc3)sc2c1.Cl. The monoisotopic (exact) mass is 551 g/mol. The Morgan fingerprint density at radius 2 is 1.66 bits per heavy atom. The van der Waals surface area contributed by atoms with Crippen LogP contribution in [0.4, 0.5) is 5.13 Å². The third-order valence-corrected chi connectivity index (χ3v) is 7.49. The van der Waals surface area contributed by atoms with Crippen LogP contribution in [-0.4, -0.2) is 68.1 Å². The number of rotatable bonds is 9. The van der Waals surface area contributed by atoms with E-state index in [1.165, 1.54) is 11.3 Å². The Morgan fingerprint density at radius 1 is 0.974 bits per heavy atom. The van der Waals surface area contributed by atoms with Crippen LogP contribution in [0.15, 0.2) is 72.8 Å². The number of halogens is 1. The van der Waals surface area contributed by atoms with E-state index in [9.17, 15) is 9.59 Å². The van der Waals surface area contributed by atoms with Gasteiger partial charge in [0.25, 0.3) is 5.91 Å². The summed E-state index contributed by atoms with van der Waals surface area (Å²) in [6.07, 6.45) is 0.815. The molecule has 1 aliphatic rings. The number of hydrogen-bond acceptors (Lipinski definition) is 7. The van der Waals surface area contributed by atoms with Crippen molar-refractivity contribution in [2.24, 2.45) is 0 Å². The van der Waals surface area contributed by atoms with Gasteiger partial charge in [-0.15, -0.1) is 12.4 Å². The zero-order valence-corrected chi connectivity index (χ0v) is 22.8. The number of carbonyl (C=O) groups excluding carboxylic acids is 2. The number of ketones is 1. The van der Waals surface area contributed by atoms with Crippen LogP contribution in [0, 0.1) is 0 Å². The number of anilines is 1. The van der Waals surface area contributed by atoms with E-state index < -0.39 is 0 Å². The van der Waals surface area contributed by atoms with Crippen LogP contribution in [0.1, 0.15) is 32.7 Å². The van der Waals surface area contributed by atoms with Crippen molar-refractivity contribution in [2.45, 2.75) is 6.42 Å². The number of fused-ring (bicyclic) bond motifs is 1. The highest BCUT2D eigenvalue weighted by Gasteiger charge is 2.22. The molecule has 0 unspecified atom stereocenters. The molecule has 7 nitrogen and oxygen atoms in total. The number of ether oxygens (including phenoxy) is 2. The molecule has 3 aromatic carbocycles. The number of amides is 1. The van der Waals surface area contributed by atoms with Crippen molar-refractivity contribution < 1.29 is 19.1 Å². The van der Waals surface area contributed by atoms with Gasteiger partial charge in [-0.3, -0.25) is 19.4 Å². The van der Waals surface area contributed by atoms with Gasteiger partial charge in [-0.1, -0.05) is 53.8 Å². The smallest absolute Gasteiger partial charge is 0.260 e. The molecule has 0 atom stereocenters. The van der Waals surface area contributed by atoms with E-state index in [0.717, 1.165) is 55.2 Å². The number of benzene rings is 3. The van der Waals surface area contributed by atoms with Crippen LogP contribution in [0.2, 0.25) is 0 Å². The minimum absolute atomic E-state index is 0. The van der Waals surface area contributed by atoms with E-state index in [1.54, 1.807) is 48.4 Å². The van der Waals surface area contributed by atoms with Crippen LogP contribution >= 0.6 is 23.7 Å². The van der Waals surface area contributed by atoms with Crippen molar-refractivity contribution in [3.8, 4) is 5.75 Å². The second-order valence-corrected chi connectivity index (χ2v) is 9.88. The van der Waals surface area contributed by atoms with Crippen LogP contribution in [0.25, 0.3) is 10.2 Å². The van der Waals surface area contributed by atoms with E-state index in [1.807, 2.05) is 36.4 Å². The first kappa shape index (κ1) is 27.7.